The molecule has 0 fully saturated rings. The molecule has 0 aliphatic carbocycles. The molecular formula is C17H20N2O3S. The fourth-order valence-corrected chi connectivity index (χ4v) is 3.98. The second-order valence-electron chi connectivity index (χ2n) is 5.54. The summed E-state index contributed by atoms with van der Waals surface area (Å²) in [6.45, 7) is 3.19. The minimum absolute atomic E-state index is 0.0912. The van der Waals surface area contributed by atoms with Crippen molar-refractivity contribution < 1.29 is 14.0 Å². The first kappa shape index (κ1) is 15.8. The summed E-state index contributed by atoms with van der Waals surface area (Å²) >= 11 is 1.77. The van der Waals surface area contributed by atoms with Gasteiger partial charge in [-0.05, 0) is 42.0 Å². The van der Waals surface area contributed by atoms with Crippen LogP contribution in [0.5, 0.6) is 0 Å². The molecule has 23 heavy (non-hydrogen) atoms. The molecule has 3 rings (SSSR count). The minimum Gasteiger partial charge on any atom is -0.459 e. The standard InChI is InChI=1S/C17H20N2O3S/c1-2-13-12-7-11-23-15(12)6-9-19(13)16(20)5-8-18-17(21)14-4-3-10-22-14/h3-4,7,10-11,13H,2,5-6,8-9H2,1H3,(H,18,21)/t13-/m1/s1. The number of furan rings is 1. The van der Waals surface area contributed by atoms with Crippen molar-refractivity contribution in [3.63, 3.8) is 0 Å². The van der Waals surface area contributed by atoms with E-state index < -0.39 is 0 Å². The SMILES string of the molecule is CC[C@@H]1c2ccsc2CCN1C(=O)CCNC(=O)c1ccco1. The van der Waals surface area contributed by atoms with Gasteiger partial charge in [0, 0.05) is 24.4 Å². The van der Waals surface area contributed by atoms with Crippen LogP contribution in [0.3, 0.4) is 0 Å². The highest BCUT2D eigenvalue weighted by Crippen LogP contribution is 2.35. The van der Waals surface area contributed by atoms with Gasteiger partial charge in [-0.25, -0.2) is 0 Å². The Morgan fingerprint density at radius 3 is 3.04 bits per heavy atom. The molecular weight excluding hydrogens is 312 g/mol. The Hall–Kier alpha value is -2.08. The molecule has 0 bridgehead atoms. The summed E-state index contributed by atoms with van der Waals surface area (Å²) < 4.78 is 5.03. The van der Waals surface area contributed by atoms with Gasteiger partial charge in [-0.15, -0.1) is 11.3 Å². The fraction of sp³-hybridized carbons (Fsp3) is 0.412. The first-order valence-electron chi connectivity index (χ1n) is 7.88. The molecule has 0 saturated heterocycles. The lowest BCUT2D eigenvalue weighted by atomic mass is 9.97. The largest absolute Gasteiger partial charge is 0.459 e. The van der Waals surface area contributed by atoms with Crippen LogP contribution < -0.4 is 5.32 Å². The van der Waals surface area contributed by atoms with Crippen LogP contribution in [-0.4, -0.2) is 29.8 Å². The normalized spacial score (nSPS) is 16.9. The highest BCUT2D eigenvalue weighted by atomic mass is 32.1. The maximum atomic E-state index is 12.5. The number of hydrogen-bond donors (Lipinski definition) is 1. The molecule has 1 N–H and O–H groups in total. The third-order valence-corrected chi connectivity index (χ3v) is 5.17. The number of carbonyl (C=O) groups is 2. The molecule has 0 aromatic carbocycles. The smallest absolute Gasteiger partial charge is 0.286 e. The van der Waals surface area contributed by atoms with Crippen LogP contribution in [0.15, 0.2) is 34.3 Å². The van der Waals surface area contributed by atoms with Crippen LogP contribution in [0.25, 0.3) is 0 Å². The van der Waals surface area contributed by atoms with E-state index in [2.05, 4.69) is 23.7 Å². The Morgan fingerprint density at radius 1 is 1.43 bits per heavy atom. The van der Waals surface area contributed by atoms with Gasteiger partial charge < -0.3 is 14.6 Å². The van der Waals surface area contributed by atoms with Gasteiger partial charge in [0.1, 0.15) is 0 Å². The van der Waals surface area contributed by atoms with E-state index in [0.29, 0.717) is 13.0 Å². The van der Waals surface area contributed by atoms with E-state index in [9.17, 15) is 9.59 Å². The lowest BCUT2D eigenvalue weighted by molar-refractivity contribution is -0.134. The molecule has 5 nitrogen and oxygen atoms in total. The summed E-state index contributed by atoms with van der Waals surface area (Å²) in [7, 11) is 0. The molecule has 0 radical (unpaired) electrons. The number of carbonyl (C=O) groups excluding carboxylic acids is 2. The van der Waals surface area contributed by atoms with E-state index in [4.69, 9.17) is 4.42 Å². The highest BCUT2D eigenvalue weighted by molar-refractivity contribution is 7.10. The topological polar surface area (TPSA) is 62.6 Å². The quantitative estimate of drug-likeness (QED) is 0.915. The summed E-state index contributed by atoms with van der Waals surface area (Å²) in [5, 5.41) is 4.83. The fourth-order valence-electron chi connectivity index (χ4n) is 3.06. The average Bonchev–Trinajstić information content (AvgIpc) is 3.24. The Labute approximate surface area is 139 Å². The third kappa shape index (κ3) is 3.32. The molecule has 1 aliphatic rings. The molecule has 6 heteroatoms. The molecule has 0 spiro atoms. The van der Waals surface area contributed by atoms with Crippen LogP contribution >= 0.6 is 11.3 Å². The minimum atomic E-state index is -0.284. The maximum Gasteiger partial charge on any atom is 0.286 e. The molecule has 2 aromatic rings. The lowest BCUT2D eigenvalue weighted by Gasteiger charge is -2.35. The number of thiophene rings is 1. The van der Waals surface area contributed by atoms with E-state index in [1.165, 1.54) is 16.7 Å². The van der Waals surface area contributed by atoms with Gasteiger partial charge in [0.05, 0.1) is 12.3 Å². The average molecular weight is 332 g/mol. The second-order valence-corrected chi connectivity index (χ2v) is 6.54. The first-order chi connectivity index (χ1) is 11.2. The monoisotopic (exact) mass is 332 g/mol. The Morgan fingerprint density at radius 2 is 2.30 bits per heavy atom. The molecule has 122 valence electrons. The number of fused-ring (bicyclic) bond motifs is 1. The van der Waals surface area contributed by atoms with Gasteiger partial charge in [0.15, 0.2) is 5.76 Å². The summed E-state index contributed by atoms with van der Waals surface area (Å²) in [6.07, 6.45) is 3.60. The lowest BCUT2D eigenvalue weighted by Crippen LogP contribution is -2.40. The van der Waals surface area contributed by atoms with Gasteiger partial charge in [-0.3, -0.25) is 9.59 Å². The molecule has 2 aromatic heterocycles. The molecule has 2 amide bonds. The number of amides is 2. The molecule has 3 heterocycles. The van der Waals surface area contributed by atoms with E-state index in [0.717, 1.165) is 19.4 Å². The second kappa shape index (κ2) is 7.00. The van der Waals surface area contributed by atoms with Gasteiger partial charge >= 0.3 is 0 Å². The predicted molar refractivity (Wildman–Crippen MR) is 88.4 cm³/mol. The van der Waals surface area contributed by atoms with Crippen molar-refractivity contribution in [1.29, 1.82) is 0 Å². The molecule has 0 unspecified atom stereocenters. The number of hydrogen-bond acceptors (Lipinski definition) is 4. The zero-order chi connectivity index (χ0) is 16.2. The van der Waals surface area contributed by atoms with Crippen molar-refractivity contribution in [3.8, 4) is 0 Å². The van der Waals surface area contributed by atoms with Crippen LogP contribution in [0.1, 0.15) is 46.8 Å². The molecule has 0 saturated carbocycles. The molecule has 1 atom stereocenters. The van der Waals surface area contributed by atoms with Crippen molar-refractivity contribution in [3.05, 3.63) is 46.0 Å². The van der Waals surface area contributed by atoms with Crippen LogP contribution in [0, 0.1) is 0 Å². The van der Waals surface area contributed by atoms with E-state index in [1.807, 2.05) is 4.90 Å². The van der Waals surface area contributed by atoms with Gasteiger partial charge in [-0.2, -0.15) is 0 Å². The van der Waals surface area contributed by atoms with Crippen LogP contribution in [0.2, 0.25) is 0 Å². The summed E-state index contributed by atoms with van der Waals surface area (Å²) in [5.74, 6) is 0.0758. The van der Waals surface area contributed by atoms with E-state index in [1.54, 1.807) is 23.5 Å². The van der Waals surface area contributed by atoms with Crippen molar-refractivity contribution in [1.82, 2.24) is 10.2 Å². The zero-order valence-electron chi connectivity index (χ0n) is 13.1. The van der Waals surface area contributed by atoms with Crippen molar-refractivity contribution in [2.75, 3.05) is 13.1 Å². The van der Waals surface area contributed by atoms with Crippen molar-refractivity contribution in [2.24, 2.45) is 0 Å². The first-order valence-corrected chi connectivity index (χ1v) is 8.76. The number of nitrogens with one attached hydrogen (secondary N) is 1. The summed E-state index contributed by atoms with van der Waals surface area (Å²) in [6, 6.07) is 5.57. The molecule has 1 aliphatic heterocycles. The zero-order valence-corrected chi connectivity index (χ0v) is 13.9. The highest BCUT2D eigenvalue weighted by Gasteiger charge is 2.29. The maximum absolute atomic E-state index is 12.5. The predicted octanol–water partition coefficient (Wildman–Crippen LogP) is 3.00. The summed E-state index contributed by atoms with van der Waals surface area (Å²) in [4.78, 5) is 27.7. The van der Waals surface area contributed by atoms with Crippen molar-refractivity contribution >= 4 is 23.2 Å². The van der Waals surface area contributed by atoms with Crippen LogP contribution in [0.4, 0.5) is 0 Å². The third-order valence-electron chi connectivity index (χ3n) is 4.17. The van der Waals surface area contributed by atoms with Gasteiger partial charge in [0.25, 0.3) is 5.91 Å². The number of rotatable bonds is 5. The Balaban J connectivity index is 1.55. The van der Waals surface area contributed by atoms with E-state index >= 15 is 0 Å². The van der Waals surface area contributed by atoms with Crippen LogP contribution in [-0.2, 0) is 11.2 Å². The van der Waals surface area contributed by atoms with Crippen molar-refractivity contribution in [2.45, 2.75) is 32.2 Å². The Bertz CT molecular complexity index is 678. The van der Waals surface area contributed by atoms with Gasteiger partial charge in [0.2, 0.25) is 5.91 Å². The van der Waals surface area contributed by atoms with Gasteiger partial charge in [-0.1, -0.05) is 6.92 Å². The summed E-state index contributed by atoms with van der Waals surface area (Å²) in [5.41, 5.74) is 1.29. The van der Waals surface area contributed by atoms with E-state index in [-0.39, 0.29) is 23.6 Å². The number of nitrogens with zero attached hydrogens (tertiary/aromatic N) is 1. The Kier molecular flexibility index (Phi) is 4.81.